The van der Waals surface area contributed by atoms with Crippen LogP contribution in [0.4, 0.5) is 0 Å². The predicted molar refractivity (Wildman–Crippen MR) is 75.9 cm³/mol. The van der Waals surface area contributed by atoms with Crippen molar-refractivity contribution in [1.82, 2.24) is 0 Å². The van der Waals surface area contributed by atoms with Gasteiger partial charge in [-0.2, -0.15) is 0 Å². The first-order valence-electron chi connectivity index (χ1n) is 6.46. The Morgan fingerprint density at radius 2 is 2.00 bits per heavy atom. The van der Waals surface area contributed by atoms with Crippen LogP contribution < -0.4 is 9.47 Å². The van der Waals surface area contributed by atoms with Crippen LogP contribution in [0.2, 0.25) is 0 Å². The van der Waals surface area contributed by atoms with E-state index in [9.17, 15) is 13.5 Å². The lowest BCUT2D eigenvalue weighted by atomic mass is 9.91. The van der Waals surface area contributed by atoms with E-state index in [-0.39, 0.29) is 0 Å². The molecule has 1 aliphatic carbocycles. The smallest absolute Gasteiger partial charge is 0.153 e. The maximum Gasteiger partial charge on any atom is 0.153 e. The van der Waals surface area contributed by atoms with Gasteiger partial charge in [-0.25, -0.2) is 8.42 Å². The third-order valence-corrected chi connectivity index (χ3v) is 5.61. The molecule has 5 nitrogen and oxygen atoms in total. The molecule has 0 spiro atoms. The Morgan fingerprint density at radius 3 is 2.55 bits per heavy atom. The molecule has 0 saturated heterocycles. The number of methoxy groups -OCH3 is 2. The van der Waals surface area contributed by atoms with Crippen LogP contribution in [0.15, 0.2) is 18.2 Å². The minimum atomic E-state index is -3.34. The highest BCUT2D eigenvalue weighted by Crippen LogP contribution is 2.46. The maximum absolute atomic E-state index is 11.9. The summed E-state index contributed by atoms with van der Waals surface area (Å²) in [6.45, 7) is 0. The van der Waals surface area contributed by atoms with Gasteiger partial charge in [-0.15, -0.1) is 0 Å². The van der Waals surface area contributed by atoms with E-state index in [0.29, 0.717) is 36.3 Å². The van der Waals surface area contributed by atoms with Gasteiger partial charge in [0.2, 0.25) is 0 Å². The van der Waals surface area contributed by atoms with E-state index < -0.39 is 20.7 Å². The second-order valence-corrected chi connectivity index (χ2v) is 7.43. The number of hydrogen-bond donors (Lipinski definition) is 1. The summed E-state index contributed by atoms with van der Waals surface area (Å²) in [5.74, 6) is 1.05. The van der Waals surface area contributed by atoms with Crippen molar-refractivity contribution in [3.8, 4) is 11.5 Å². The molecule has 2 atom stereocenters. The molecule has 1 fully saturated rings. The van der Waals surface area contributed by atoms with Crippen molar-refractivity contribution in [3.63, 3.8) is 0 Å². The van der Waals surface area contributed by atoms with Crippen molar-refractivity contribution in [1.29, 1.82) is 0 Å². The van der Waals surface area contributed by atoms with E-state index in [1.54, 1.807) is 18.2 Å². The maximum atomic E-state index is 11.9. The average molecular weight is 300 g/mol. The minimum absolute atomic E-state index is 0.410. The molecule has 0 aromatic heterocycles. The molecule has 1 N–H and O–H groups in total. The first-order valence-corrected chi connectivity index (χ1v) is 8.42. The molecule has 1 saturated carbocycles. The molecule has 6 heteroatoms. The lowest BCUT2D eigenvalue weighted by Gasteiger charge is -2.30. The normalized spacial score (nSPS) is 26.5. The fraction of sp³-hybridized carbons (Fsp3) is 0.571. The van der Waals surface area contributed by atoms with Gasteiger partial charge in [-0.1, -0.05) is 0 Å². The van der Waals surface area contributed by atoms with Crippen LogP contribution in [-0.2, 0) is 15.4 Å². The number of ether oxygens (including phenoxy) is 2. The zero-order valence-corrected chi connectivity index (χ0v) is 12.7. The SMILES string of the molecule is COc1ccc(C2(O)CCCC2S(C)(=O)=O)c(OC)c1. The first-order chi connectivity index (χ1) is 9.32. The zero-order chi connectivity index (χ0) is 15.0. The molecule has 1 aliphatic rings. The van der Waals surface area contributed by atoms with Crippen LogP contribution in [-0.4, -0.2) is 39.2 Å². The quantitative estimate of drug-likeness (QED) is 0.912. The van der Waals surface area contributed by atoms with Gasteiger partial charge < -0.3 is 14.6 Å². The van der Waals surface area contributed by atoms with Gasteiger partial charge in [-0.3, -0.25) is 0 Å². The molecule has 0 amide bonds. The average Bonchev–Trinajstić information content (AvgIpc) is 2.81. The molecule has 2 unspecified atom stereocenters. The van der Waals surface area contributed by atoms with Crippen LogP contribution in [0.5, 0.6) is 11.5 Å². The van der Waals surface area contributed by atoms with Crippen molar-refractivity contribution >= 4 is 9.84 Å². The first kappa shape index (κ1) is 15.1. The molecule has 0 heterocycles. The highest BCUT2D eigenvalue weighted by molar-refractivity contribution is 7.91. The predicted octanol–water partition coefficient (Wildman–Crippen LogP) is 1.49. The fourth-order valence-corrected chi connectivity index (χ4v) is 4.54. The largest absolute Gasteiger partial charge is 0.497 e. The summed E-state index contributed by atoms with van der Waals surface area (Å²) in [6, 6.07) is 5.04. The van der Waals surface area contributed by atoms with Crippen molar-refractivity contribution in [2.45, 2.75) is 30.1 Å². The summed E-state index contributed by atoms with van der Waals surface area (Å²) >= 11 is 0. The standard InChI is InChI=1S/C14H20O5S/c1-18-10-6-7-11(12(9-10)19-2)14(15)8-4-5-13(14)20(3,16)17/h6-7,9,13,15H,4-5,8H2,1-3H3. The fourth-order valence-electron chi connectivity index (χ4n) is 2.99. The highest BCUT2D eigenvalue weighted by Gasteiger charge is 2.49. The molecular weight excluding hydrogens is 280 g/mol. The lowest BCUT2D eigenvalue weighted by molar-refractivity contribution is 0.0451. The highest BCUT2D eigenvalue weighted by atomic mass is 32.2. The van der Waals surface area contributed by atoms with E-state index >= 15 is 0 Å². The zero-order valence-electron chi connectivity index (χ0n) is 11.9. The van der Waals surface area contributed by atoms with E-state index in [1.807, 2.05) is 0 Å². The van der Waals surface area contributed by atoms with Crippen molar-refractivity contribution in [2.75, 3.05) is 20.5 Å². The summed E-state index contributed by atoms with van der Waals surface area (Å²) in [7, 11) is -0.304. The number of benzene rings is 1. The number of rotatable bonds is 4. The van der Waals surface area contributed by atoms with E-state index in [2.05, 4.69) is 0 Å². The van der Waals surface area contributed by atoms with Crippen molar-refractivity contribution < 1.29 is 23.0 Å². The summed E-state index contributed by atoms with van der Waals surface area (Å²) in [5, 5.41) is 10.1. The third kappa shape index (κ3) is 2.50. The Morgan fingerprint density at radius 1 is 1.30 bits per heavy atom. The minimum Gasteiger partial charge on any atom is -0.497 e. The monoisotopic (exact) mass is 300 g/mol. The molecule has 0 bridgehead atoms. The molecule has 0 aliphatic heterocycles. The number of sulfone groups is 1. The summed E-state index contributed by atoms with van der Waals surface area (Å²) < 4.78 is 34.3. The second-order valence-electron chi connectivity index (χ2n) is 5.20. The Hall–Kier alpha value is -1.27. The topological polar surface area (TPSA) is 72.8 Å². The van der Waals surface area contributed by atoms with Crippen LogP contribution >= 0.6 is 0 Å². The molecule has 112 valence electrons. The van der Waals surface area contributed by atoms with E-state index in [0.717, 1.165) is 0 Å². The lowest BCUT2D eigenvalue weighted by Crippen LogP contribution is -2.39. The van der Waals surface area contributed by atoms with E-state index in [1.165, 1.54) is 20.5 Å². The second kappa shape index (κ2) is 5.26. The Kier molecular flexibility index (Phi) is 3.97. The van der Waals surface area contributed by atoms with Gasteiger partial charge >= 0.3 is 0 Å². The van der Waals surface area contributed by atoms with Crippen LogP contribution in [0.1, 0.15) is 24.8 Å². The number of hydrogen-bond acceptors (Lipinski definition) is 5. The van der Waals surface area contributed by atoms with Crippen LogP contribution in [0.3, 0.4) is 0 Å². The van der Waals surface area contributed by atoms with Crippen LogP contribution in [0, 0.1) is 0 Å². The molecular formula is C14H20O5S. The number of aliphatic hydroxyl groups is 1. The van der Waals surface area contributed by atoms with Gasteiger partial charge in [0, 0.05) is 17.9 Å². The molecule has 20 heavy (non-hydrogen) atoms. The molecule has 1 aromatic carbocycles. The van der Waals surface area contributed by atoms with Gasteiger partial charge in [0.15, 0.2) is 9.84 Å². The van der Waals surface area contributed by atoms with Gasteiger partial charge in [0.05, 0.1) is 19.5 Å². The van der Waals surface area contributed by atoms with Gasteiger partial charge in [0.25, 0.3) is 0 Å². The van der Waals surface area contributed by atoms with Crippen molar-refractivity contribution in [3.05, 3.63) is 23.8 Å². The van der Waals surface area contributed by atoms with Crippen molar-refractivity contribution in [2.24, 2.45) is 0 Å². The Bertz CT molecular complexity index is 596. The Balaban J connectivity index is 2.54. The van der Waals surface area contributed by atoms with Crippen LogP contribution in [0.25, 0.3) is 0 Å². The molecule has 1 aromatic rings. The third-order valence-electron chi connectivity index (χ3n) is 3.95. The molecule has 2 rings (SSSR count). The Labute approximate surface area is 119 Å². The van der Waals surface area contributed by atoms with Gasteiger partial charge in [-0.05, 0) is 31.4 Å². The summed E-state index contributed by atoms with van der Waals surface area (Å²) in [4.78, 5) is 0. The summed E-state index contributed by atoms with van der Waals surface area (Å²) in [5.41, 5.74) is -0.890. The van der Waals surface area contributed by atoms with E-state index in [4.69, 9.17) is 9.47 Å². The van der Waals surface area contributed by atoms with Gasteiger partial charge in [0.1, 0.15) is 17.1 Å². The summed E-state index contributed by atoms with van der Waals surface area (Å²) in [6.07, 6.45) is 2.71. The molecule has 0 radical (unpaired) electrons.